The van der Waals surface area contributed by atoms with Crippen molar-refractivity contribution in [3.8, 4) is 0 Å². The molecule has 0 unspecified atom stereocenters. The Labute approximate surface area is 184 Å². The van der Waals surface area contributed by atoms with Gasteiger partial charge in [0.05, 0.1) is 25.0 Å². The number of hydrogen-bond acceptors (Lipinski definition) is 10. The number of rotatable bonds is 8. The molecule has 7 N–H and O–H groups in total. The molecular formula is C17H27ClN8O5. The Hall–Kier alpha value is -2.58. The van der Waals surface area contributed by atoms with Crippen LogP contribution in [-0.2, 0) is 14.3 Å². The van der Waals surface area contributed by atoms with Crippen LogP contribution in [0.2, 0.25) is 0 Å². The van der Waals surface area contributed by atoms with Crippen LogP contribution in [0, 0.1) is 0 Å². The van der Waals surface area contributed by atoms with E-state index in [2.05, 4.69) is 20.3 Å². The van der Waals surface area contributed by atoms with Gasteiger partial charge in [-0.1, -0.05) is 0 Å². The van der Waals surface area contributed by atoms with E-state index in [1.165, 1.54) is 17.2 Å². The van der Waals surface area contributed by atoms with Crippen molar-refractivity contribution in [3.05, 3.63) is 12.7 Å². The molecule has 0 aliphatic carbocycles. The van der Waals surface area contributed by atoms with E-state index < -0.39 is 48.9 Å². The summed E-state index contributed by atoms with van der Waals surface area (Å²) in [6, 6.07) is -1.92. The van der Waals surface area contributed by atoms with Crippen molar-refractivity contribution in [2.24, 2.45) is 11.5 Å². The second kappa shape index (κ2) is 10.2. The van der Waals surface area contributed by atoms with Crippen LogP contribution in [0.1, 0.15) is 19.1 Å². The van der Waals surface area contributed by atoms with Gasteiger partial charge < -0.3 is 36.6 Å². The van der Waals surface area contributed by atoms with Gasteiger partial charge in [0, 0.05) is 20.5 Å². The van der Waals surface area contributed by atoms with Crippen LogP contribution < -0.4 is 21.7 Å². The lowest BCUT2D eigenvalue weighted by molar-refractivity contribution is -0.124. The van der Waals surface area contributed by atoms with E-state index in [0.717, 1.165) is 0 Å². The third kappa shape index (κ3) is 5.02. The molecule has 3 heterocycles. The standard InChI is InChI=1S/C17H26N8O5.ClH/c1-24(2)14-12-15(21-6-20-14)25(7-22-12)17-13(28)11(9(5-26)30-17)23-16(29)8(18)3-4-10(19)27;/h6-9,11,13,17,26,28H,3-5,18H2,1-2H3,(H2,19,27)(H,23,29);1H/t8-,9+,11+,13+,17+;/m0./s1. The van der Waals surface area contributed by atoms with Crippen LogP contribution in [-0.4, -0.2) is 86.5 Å². The zero-order valence-corrected chi connectivity index (χ0v) is 17.9. The molecule has 2 amide bonds. The number of ether oxygens (including phenoxy) is 1. The fraction of sp³-hybridized carbons (Fsp3) is 0.588. The number of aliphatic hydroxyl groups excluding tert-OH is 2. The number of nitrogens with two attached hydrogens (primary N) is 2. The highest BCUT2D eigenvalue weighted by atomic mass is 35.5. The molecule has 1 aliphatic heterocycles. The average Bonchev–Trinajstić information content (AvgIpc) is 3.27. The van der Waals surface area contributed by atoms with Gasteiger partial charge in [0.2, 0.25) is 11.8 Å². The first kappa shape index (κ1) is 24.7. The number of nitrogens with one attached hydrogen (secondary N) is 1. The van der Waals surface area contributed by atoms with Crippen molar-refractivity contribution in [2.75, 3.05) is 25.6 Å². The maximum absolute atomic E-state index is 12.4. The number of aromatic nitrogens is 4. The van der Waals surface area contributed by atoms with Gasteiger partial charge in [-0.25, -0.2) is 15.0 Å². The van der Waals surface area contributed by atoms with E-state index in [4.69, 9.17) is 16.2 Å². The monoisotopic (exact) mass is 458 g/mol. The number of carbonyl (C=O) groups is 2. The van der Waals surface area contributed by atoms with E-state index >= 15 is 0 Å². The number of primary amides is 1. The first-order valence-electron chi connectivity index (χ1n) is 9.38. The van der Waals surface area contributed by atoms with Gasteiger partial charge in [-0.2, -0.15) is 0 Å². The summed E-state index contributed by atoms with van der Waals surface area (Å²) in [7, 11) is 3.63. The highest BCUT2D eigenvalue weighted by molar-refractivity contribution is 5.85. The van der Waals surface area contributed by atoms with E-state index in [1.807, 2.05) is 14.1 Å². The Bertz CT molecular complexity index is 925. The first-order chi connectivity index (χ1) is 14.2. The molecule has 2 aromatic heterocycles. The molecule has 0 bridgehead atoms. The molecule has 3 rings (SSSR count). The minimum Gasteiger partial charge on any atom is -0.394 e. The molecule has 0 spiro atoms. The lowest BCUT2D eigenvalue weighted by Gasteiger charge is -2.22. The Morgan fingerprint density at radius 3 is 2.68 bits per heavy atom. The number of amides is 2. The van der Waals surface area contributed by atoms with E-state index in [-0.39, 0.29) is 25.2 Å². The summed E-state index contributed by atoms with van der Waals surface area (Å²) in [6.07, 6.45) is -0.207. The van der Waals surface area contributed by atoms with Crippen molar-refractivity contribution in [1.29, 1.82) is 0 Å². The Morgan fingerprint density at radius 2 is 2.06 bits per heavy atom. The molecule has 31 heavy (non-hydrogen) atoms. The van der Waals surface area contributed by atoms with Gasteiger partial charge in [-0.05, 0) is 6.42 Å². The van der Waals surface area contributed by atoms with Crippen LogP contribution >= 0.6 is 12.4 Å². The molecule has 1 fully saturated rings. The van der Waals surface area contributed by atoms with Gasteiger partial charge in [0.15, 0.2) is 23.2 Å². The lowest BCUT2D eigenvalue weighted by atomic mass is 10.1. The van der Waals surface area contributed by atoms with Gasteiger partial charge >= 0.3 is 0 Å². The number of nitrogens with zero attached hydrogens (tertiary/aromatic N) is 5. The molecule has 0 radical (unpaired) electrons. The number of imidazole rings is 1. The van der Waals surface area contributed by atoms with Crippen molar-refractivity contribution in [3.63, 3.8) is 0 Å². The molecule has 0 saturated carbocycles. The molecular weight excluding hydrogens is 432 g/mol. The molecule has 172 valence electrons. The SMILES string of the molecule is CN(C)c1ncnc2c1ncn2[C@@H]1O[C@H](CO)[C@@H](NC(=O)[C@@H](N)CCC(N)=O)[C@H]1O.Cl. The largest absolute Gasteiger partial charge is 0.394 e. The van der Waals surface area contributed by atoms with Crippen LogP contribution in [0.4, 0.5) is 5.82 Å². The first-order valence-corrected chi connectivity index (χ1v) is 9.38. The third-order valence-electron chi connectivity index (χ3n) is 4.94. The van der Waals surface area contributed by atoms with Crippen LogP contribution in [0.25, 0.3) is 11.2 Å². The molecule has 2 aromatic rings. The zero-order valence-electron chi connectivity index (χ0n) is 17.1. The predicted octanol–water partition coefficient (Wildman–Crippen LogP) is -2.36. The highest BCUT2D eigenvalue weighted by Crippen LogP contribution is 2.32. The predicted molar refractivity (Wildman–Crippen MR) is 112 cm³/mol. The minimum absolute atomic E-state index is 0. The third-order valence-corrected chi connectivity index (χ3v) is 4.94. The Balaban J connectivity index is 0.00000341. The molecule has 14 heteroatoms. The summed E-state index contributed by atoms with van der Waals surface area (Å²) in [5.41, 5.74) is 11.8. The van der Waals surface area contributed by atoms with Crippen molar-refractivity contribution >= 4 is 41.2 Å². The van der Waals surface area contributed by atoms with Gasteiger partial charge in [-0.15, -0.1) is 12.4 Å². The number of fused-ring (bicyclic) bond motifs is 1. The second-order valence-electron chi connectivity index (χ2n) is 7.30. The topological polar surface area (TPSA) is 195 Å². The number of hydrogen-bond donors (Lipinski definition) is 5. The quantitative estimate of drug-likeness (QED) is 0.285. The van der Waals surface area contributed by atoms with Crippen LogP contribution in [0.3, 0.4) is 0 Å². The summed E-state index contributed by atoms with van der Waals surface area (Å²) in [6.45, 7) is -0.445. The molecule has 1 saturated heterocycles. The summed E-state index contributed by atoms with van der Waals surface area (Å²) in [4.78, 5) is 37.8. The highest BCUT2D eigenvalue weighted by Gasteiger charge is 2.46. The summed E-state index contributed by atoms with van der Waals surface area (Å²) in [5, 5.41) is 23.1. The second-order valence-corrected chi connectivity index (χ2v) is 7.30. The van der Waals surface area contributed by atoms with Gasteiger partial charge in [-0.3, -0.25) is 14.2 Å². The smallest absolute Gasteiger partial charge is 0.237 e. The van der Waals surface area contributed by atoms with Crippen molar-refractivity contribution in [1.82, 2.24) is 24.8 Å². The number of carbonyl (C=O) groups excluding carboxylic acids is 2. The van der Waals surface area contributed by atoms with E-state index in [1.54, 1.807) is 4.90 Å². The van der Waals surface area contributed by atoms with Crippen molar-refractivity contribution in [2.45, 2.75) is 43.4 Å². The molecule has 1 aliphatic rings. The summed E-state index contributed by atoms with van der Waals surface area (Å²) in [5.74, 6) is -0.562. The fourth-order valence-electron chi connectivity index (χ4n) is 3.36. The van der Waals surface area contributed by atoms with Crippen LogP contribution in [0.5, 0.6) is 0 Å². The molecule has 0 aromatic carbocycles. The number of anilines is 1. The Kier molecular flexibility index (Phi) is 8.08. The summed E-state index contributed by atoms with van der Waals surface area (Å²) < 4.78 is 7.31. The minimum atomic E-state index is -1.22. The van der Waals surface area contributed by atoms with Crippen molar-refractivity contribution < 1.29 is 24.5 Å². The normalized spacial score (nSPS) is 23.9. The van der Waals surface area contributed by atoms with E-state index in [9.17, 15) is 19.8 Å². The maximum atomic E-state index is 12.4. The van der Waals surface area contributed by atoms with Gasteiger partial charge in [0.25, 0.3) is 0 Å². The zero-order chi connectivity index (χ0) is 22.0. The fourth-order valence-corrected chi connectivity index (χ4v) is 3.36. The lowest BCUT2D eigenvalue weighted by Crippen LogP contribution is -2.53. The van der Waals surface area contributed by atoms with E-state index in [0.29, 0.717) is 17.0 Å². The van der Waals surface area contributed by atoms with Crippen LogP contribution in [0.15, 0.2) is 12.7 Å². The average molecular weight is 459 g/mol. The van der Waals surface area contributed by atoms with Gasteiger partial charge in [0.1, 0.15) is 18.5 Å². The number of aliphatic hydroxyl groups is 2. The summed E-state index contributed by atoms with van der Waals surface area (Å²) >= 11 is 0. The Morgan fingerprint density at radius 1 is 1.35 bits per heavy atom. The number of halogens is 1. The molecule has 13 nitrogen and oxygen atoms in total. The maximum Gasteiger partial charge on any atom is 0.237 e. The molecule has 5 atom stereocenters.